The van der Waals surface area contributed by atoms with Gasteiger partial charge in [-0.05, 0) is 49.5 Å². The zero-order valence-electron chi connectivity index (χ0n) is 15.1. The highest BCUT2D eigenvalue weighted by atomic mass is 35.5. The first-order chi connectivity index (χ1) is 13.4. The molecule has 0 aliphatic carbocycles. The number of thioether (sulfide) groups is 1. The Labute approximate surface area is 183 Å². The third-order valence-electron chi connectivity index (χ3n) is 3.56. The van der Waals surface area contributed by atoms with Crippen molar-refractivity contribution in [1.82, 2.24) is 5.32 Å². The Morgan fingerprint density at radius 2 is 2.04 bits per heavy atom. The molecule has 0 bridgehead atoms. The molecule has 9 heteroatoms. The second kappa shape index (κ2) is 11.5. The summed E-state index contributed by atoms with van der Waals surface area (Å²) in [7, 11) is 0. The molecule has 0 radical (unpaired) electrons. The maximum Gasteiger partial charge on any atom is 0.339 e. The van der Waals surface area contributed by atoms with Crippen LogP contribution in [0.2, 0.25) is 10.0 Å². The average molecular weight is 461 g/mol. The van der Waals surface area contributed by atoms with Crippen molar-refractivity contribution in [3.63, 3.8) is 0 Å². The fourth-order valence-corrected chi connectivity index (χ4v) is 3.90. The van der Waals surface area contributed by atoms with Gasteiger partial charge in [0.15, 0.2) is 5.11 Å². The molecule has 0 saturated carbocycles. The Morgan fingerprint density at radius 3 is 2.71 bits per heavy atom. The minimum atomic E-state index is -0.466. The van der Waals surface area contributed by atoms with Gasteiger partial charge in [-0.3, -0.25) is 0 Å². The molecule has 0 aromatic heterocycles. The Kier molecular flexibility index (Phi) is 9.31. The Bertz CT molecular complexity index is 832. The first-order valence-corrected chi connectivity index (χ1v) is 10.8. The van der Waals surface area contributed by atoms with Gasteiger partial charge in [0.25, 0.3) is 0 Å². The van der Waals surface area contributed by atoms with Gasteiger partial charge in [0, 0.05) is 34.3 Å². The third-order valence-corrected chi connectivity index (χ3v) is 5.46. The second-order valence-corrected chi connectivity index (χ2v) is 7.88. The van der Waals surface area contributed by atoms with Crippen LogP contribution in [0.1, 0.15) is 22.8 Å². The van der Waals surface area contributed by atoms with Crippen LogP contribution in [0, 0.1) is 5.82 Å². The molecule has 0 aliphatic rings. The molecule has 2 aromatic rings. The SMILES string of the molecule is CCOC(=O)c1ccc(NC(=S)NCCSCc2c(F)cccc2Cl)cc1Cl. The highest BCUT2D eigenvalue weighted by Crippen LogP contribution is 2.24. The number of esters is 1. The molecular weight excluding hydrogens is 442 g/mol. The van der Waals surface area contributed by atoms with E-state index in [9.17, 15) is 9.18 Å². The summed E-state index contributed by atoms with van der Waals surface area (Å²) in [5.41, 5.74) is 1.46. The van der Waals surface area contributed by atoms with E-state index < -0.39 is 5.97 Å². The molecule has 28 heavy (non-hydrogen) atoms. The van der Waals surface area contributed by atoms with Crippen LogP contribution in [0.15, 0.2) is 36.4 Å². The molecule has 2 rings (SSSR count). The Morgan fingerprint density at radius 1 is 1.25 bits per heavy atom. The van der Waals surface area contributed by atoms with Crippen LogP contribution in [0.5, 0.6) is 0 Å². The number of carbonyl (C=O) groups is 1. The zero-order valence-corrected chi connectivity index (χ0v) is 18.2. The quantitative estimate of drug-likeness (QED) is 0.306. The summed E-state index contributed by atoms with van der Waals surface area (Å²) in [5, 5.41) is 7.20. The minimum absolute atomic E-state index is 0.281. The number of ether oxygens (including phenoxy) is 1. The summed E-state index contributed by atoms with van der Waals surface area (Å²) in [6.45, 7) is 2.61. The molecule has 0 amide bonds. The van der Waals surface area contributed by atoms with Crippen LogP contribution in [0.3, 0.4) is 0 Å². The van der Waals surface area contributed by atoms with Crippen LogP contribution >= 0.6 is 47.2 Å². The van der Waals surface area contributed by atoms with Crippen LogP contribution in [0.4, 0.5) is 10.1 Å². The van der Waals surface area contributed by atoms with Gasteiger partial charge in [0.05, 0.1) is 17.2 Å². The molecule has 0 aliphatic heterocycles. The van der Waals surface area contributed by atoms with Crippen molar-refractivity contribution in [3.05, 3.63) is 63.4 Å². The van der Waals surface area contributed by atoms with Gasteiger partial charge < -0.3 is 15.4 Å². The third kappa shape index (κ3) is 6.81. The van der Waals surface area contributed by atoms with Crippen molar-refractivity contribution in [3.8, 4) is 0 Å². The molecule has 0 saturated heterocycles. The highest BCUT2D eigenvalue weighted by Gasteiger charge is 2.12. The number of hydrogen-bond donors (Lipinski definition) is 2. The smallest absolute Gasteiger partial charge is 0.339 e. The normalized spacial score (nSPS) is 10.4. The zero-order chi connectivity index (χ0) is 20.5. The second-order valence-electron chi connectivity index (χ2n) is 5.55. The Hall–Kier alpha value is -1.54. The van der Waals surface area contributed by atoms with E-state index >= 15 is 0 Å². The largest absolute Gasteiger partial charge is 0.462 e. The number of hydrogen-bond acceptors (Lipinski definition) is 4. The number of nitrogens with one attached hydrogen (secondary N) is 2. The monoisotopic (exact) mass is 460 g/mol. The molecule has 0 atom stereocenters. The first-order valence-electron chi connectivity index (χ1n) is 8.44. The van der Waals surface area contributed by atoms with E-state index in [1.54, 1.807) is 49.0 Å². The van der Waals surface area contributed by atoms with Gasteiger partial charge in [-0.15, -0.1) is 0 Å². The molecule has 0 fully saturated rings. The number of benzene rings is 2. The van der Waals surface area contributed by atoms with Crippen molar-refractivity contribution in [2.75, 3.05) is 24.2 Å². The molecule has 2 aromatic carbocycles. The maximum atomic E-state index is 13.7. The van der Waals surface area contributed by atoms with E-state index in [0.717, 1.165) is 5.75 Å². The van der Waals surface area contributed by atoms with Crippen molar-refractivity contribution in [1.29, 1.82) is 0 Å². The Balaban J connectivity index is 1.75. The molecular formula is C19H19Cl2FN2O2S2. The van der Waals surface area contributed by atoms with Crippen LogP contribution in [0.25, 0.3) is 0 Å². The standard InChI is InChI=1S/C19H19Cl2FN2O2S2/c1-2-26-18(25)13-7-6-12(10-16(13)21)24-19(27)23-8-9-28-11-14-15(20)4-3-5-17(14)22/h3-7,10H,2,8-9,11H2,1H3,(H2,23,24,27). The van der Waals surface area contributed by atoms with Gasteiger partial charge in [0.2, 0.25) is 0 Å². The number of rotatable bonds is 8. The van der Waals surface area contributed by atoms with E-state index in [1.807, 2.05) is 0 Å². The number of thiocarbonyl (C=S) groups is 1. The summed E-state index contributed by atoms with van der Waals surface area (Å²) >= 11 is 18.9. The lowest BCUT2D eigenvalue weighted by Crippen LogP contribution is -2.30. The van der Waals surface area contributed by atoms with Crippen LogP contribution < -0.4 is 10.6 Å². The van der Waals surface area contributed by atoms with E-state index in [0.29, 0.717) is 39.2 Å². The number of halogens is 3. The molecule has 150 valence electrons. The minimum Gasteiger partial charge on any atom is -0.462 e. The molecule has 0 unspecified atom stereocenters. The predicted molar refractivity (Wildman–Crippen MR) is 119 cm³/mol. The molecule has 2 N–H and O–H groups in total. The van der Waals surface area contributed by atoms with Crippen molar-refractivity contribution < 1.29 is 13.9 Å². The lowest BCUT2D eigenvalue weighted by molar-refractivity contribution is 0.0526. The topological polar surface area (TPSA) is 50.4 Å². The van der Waals surface area contributed by atoms with E-state index in [-0.39, 0.29) is 17.4 Å². The molecule has 4 nitrogen and oxygen atoms in total. The lowest BCUT2D eigenvalue weighted by Gasteiger charge is -2.12. The van der Waals surface area contributed by atoms with E-state index in [2.05, 4.69) is 10.6 Å². The fraction of sp³-hybridized carbons (Fsp3) is 0.263. The molecule has 0 heterocycles. The summed E-state index contributed by atoms with van der Waals surface area (Å²) in [6.07, 6.45) is 0. The average Bonchev–Trinajstić information content (AvgIpc) is 2.63. The maximum absolute atomic E-state index is 13.7. The summed E-state index contributed by atoms with van der Waals surface area (Å²) in [6, 6.07) is 9.55. The molecule has 0 spiro atoms. The number of anilines is 1. The first kappa shape index (κ1) is 22.7. The van der Waals surface area contributed by atoms with Gasteiger partial charge in [-0.25, -0.2) is 9.18 Å². The van der Waals surface area contributed by atoms with Crippen molar-refractivity contribution in [2.24, 2.45) is 0 Å². The summed E-state index contributed by atoms with van der Waals surface area (Å²) in [5.74, 6) is 0.438. The lowest BCUT2D eigenvalue weighted by atomic mass is 10.2. The van der Waals surface area contributed by atoms with Gasteiger partial charge in [-0.1, -0.05) is 29.3 Å². The van der Waals surface area contributed by atoms with Gasteiger partial charge in [0.1, 0.15) is 5.82 Å². The van der Waals surface area contributed by atoms with Gasteiger partial charge in [-0.2, -0.15) is 11.8 Å². The summed E-state index contributed by atoms with van der Waals surface area (Å²) < 4.78 is 18.6. The number of carbonyl (C=O) groups excluding carboxylic acids is 1. The van der Waals surface area contributed by atoms with Crippen LogP contribution in [-0.2, 0) is 10.5 Å². The van der Waals surface area contributed by atoms with E-state index in [4.69, 9.17) is 40.2 Å². The van der Waals surface area contributed by atoms with E-state index in [1.165, 1.54) is 6.07 Å². The predicted octanol–water partition coefficient (Wildman–Crippen LogP) is 5.53. The highest BCUT2D eigenvalue weighted by molar-refractivity contribution is 7.98. The van der Waals surface area contributed by atoms with Crippen LogP contribution in [-0.4, -0.2) is 30.0 Å². The van der Waals surface area contributed by atoms with Gasteiger partial charge >= 0.3 is 5.97 Å². The fourth-order valence-electron chi connectivity index (χ4n) is 2.22. The summed E-state index contributed by atoms with van der Waals surface area (Å²) in [4.78, 5) is 11.7. The van der Waals surface area contributed by atoms with Crippen molar-refractivity contribution >= 4 is 64.0 Å². The van der Waals surface area contributed by atoms with Crippen molar-refractivity contribution in [2.45, 2.75) is 12.7 Å².